The number of fused-ring (bicyclic) bond motifs is 1. The van der Waals surface area contributed by atoms with Crippen molar-refractivity contribution in [2.45, 2.75) is 52.6 Å². The maximum atomic E-state index is 5.82. The zero-order valence-electron chi connectivity index (χ0n) is 17.2. The van der Waals surface area contributed by atoms with Gasteiger partial charge in [0.15, 0.2) is 5.96 Å². The standard InChI is InChI=1S/C20H31N5OS.HI/c1-5-21-19(24-13-18-23-12-17(26-18)20(2,3)4)22-8-10-25-9-6-16-15(14-25)7-11-27-16;/h7,11-12H,5-6,8-10,13-14H2,1-4H3,(H2,21,22,24);1H. The van der Waals surface area contributed by atoms with Crippen LogP contribution < -0.4 is 10.6 Å². The van der Waals surface area contributed by atoms with Crippen molar-refractivity contribution in [1.29, 1.82) is 0 Å². The maximum absolute atomic E-state index is 5.82. The number of oxazole rings is 1. The molecule has 0 unspecified atom stereocenters. The van der Waals surface area contributed by atoms with Gasteiger partial charge in [0, 0.05) is 43.0 Å². The van der Waals surface area contributed by atoms with Crippen molar-refractivity contribution < 1.29 is 4.42 Å². The molecule has 0 saturated carbocycles. The number of hydrogen-bond donors (Lipinski definition) is 2. The van der Waals surface area contributed by atoms with Crippen molar-refractivity contribution in [2.24, 2.45) is 4.99 Å². The van der Waals surface area contributed by atoms with Crippen LogP contribution in [-0.2, 0) is 24.9 Å². The lowest BCUT2D eigenvalue weighted by molar-refractivity contribution is 0.260. The number of nitrogens with zero attached hydrogens (tertiary/aromatic N) is 3. The zero-order chi connectivity index (χ0) is 19.3. The summed E-state index contributed by atoms with van der Waals surface area (Å²) in [5, 5.41) is 8.92. The van der Waals surface area contributed by atoms with Gasteiger partial charge in [-0.25, -0.2) is 9.98 Å². The average molecular weight is 517 g/mol. The van der Waals surface area contributed by atoms with E-state index < -0.39 is 0 Å². The van der Waals surface area contributed by atoms with Crippen LogP contribution in [-0.4, -0.2) is 42.0 Å². The van der Waals surface area contributed by atoms with E-state index in [1.54, 1.807) is 11.1 Å². The Morgan fingerprint density at radius 3 is 2.89 bits per heavy atom. The Labute approximate surface area is 189 Å². The van der Waals surface area contributed by atoms with Crippen LogP contribution >= 0.6 is 35.3 Å². The smallest absolute Gasteiger partial charge is 0.216 e. The van der Waals surface area contributed by atoms with E-state index in [9.17, 15) is 0 Å². The third-order valence-corrected chi connectivity index (χ3v) is 5.64. The summed E-state index contributed by atoms with van der Waals surface area (Å²) in [5.41, 5.74) is 1.46. The van der Waals surface area contributed by atoms with E-state index in [4.69, 9.17) is 4.42 Å². The van der Waals surface area contributed by atoms with Gasteiger partial charge in [-0.3, -0.25) is 4.90 Å². The van der Waals surface area contributed by atoms with E-state index in [0.29, 0.717) is 12.4 Å². The minimum atomic E-state index is -0.0333. The molecule has 8 heteroatoms. The summed E-state index contributed by atoms with van der Waals surface area (Å²) in [6.45, 7) is 13.7. The lowest BCUT2D eigenvalue weighted by Crippen LogP contribution is -2.42. The predicted octanol–water partition coefficient (Wildman–Crippen LogP) is 3.77. The number of nitrogens with one attached hydrogen (secondary N) is 2. The topological polar surface area (TPSA) is 65.7 Å². The Bertz CT molecular complexity index is 765. The third-order valence-electron chi connectivity index (χ3n) is 4.62. The molecule has 6 nitrogen and oxygen atoms in total. The second-order valence-corrected chi connectivity index (χ2v) is 8.89. The van der Waals surface area contributed by atoms with Crippen molar-refractivity contribution in [3.8, 4) is 0 Å². The van der Waals surface area contributed by atoms with Crippen LogP contribution in [0, 0.1) is 0 Å². The summed E-state index contributed by atoms with van der Waals surface area (Å²) in [6.07, 6.45) is 2.97. The average Bonchev–Trinajstić information content (AvgIpc) is 3.28. The largest absolute Gasteiger partial charge is 0.443 e. The van der Waals surface area contributed by atoms with Crippen molar-refractivity contribution in [3.63, 3.8) is 0 Å². The van der Waals surface area contributed by atoms with Crippen molar-refractivity contribution in [2.75, 3.05) is 26.2 Å². The van der Waals surface area contributed by atoms with E-state index in [0.717, 1.165) is 44.4 Å². The quantitative estimate of drug-likeness (QED) is 0.347. The molecule has 1 aliphatic heterocycles. The second-order valence-electron chi connectivity index (χ2n) is 7.89. The molecule has 0 radical (unpaired) electrons. The summed E-state index contributed by atoms with van der Waals surface area (Å²) in [5.74, 6) is 2.35. The van der Waals surface area contributed by atoms with Crippen LogP contribution in [0.5, 0.6) is 0 Å². The van der Waals surface area contributed by atoms with Crippen LogP contribution in [0.1, 0.15) is 49.8 Å². The first-order chi connectivity index (χ1) is 13.0. The summed E-state index contributed by atoms with van der Waals surface area (Å²) in [7, 11) is 0. The van der Waals surface area contributed by atoms with Crippen LogP contribution in [0.2, 0.25) is 0 Å². The normalized spacial score (nSPS) is 15.1. The van der Waals surface area contributed by atoms with E-state index in [1.807, 2.05) is 11.3 Å². The molecule has 2 aromatic heterocycles. The number of guanidine groups is 1. The van der Waals surface area contributed by atoms with Crippen LogP contribution in [0.15, 0.2) is 27.1 Å². The molecule has 0 spiro atoms. The van der Waals surface area contributed by atoms with Crippen LogP contribution in [0.25, 0.3) is 0 Å². The molecule has 0 aromatic carbocycles. The Balaban J connectivity index is 0.00000280. The summed E-state index contributed by atoms with van der Waals surface area (Å²) < 4.78 is 5.82. The molecule has 0 saturated heterocycles. The SMILES string of the molecule is CCNC(=NCc1ncc(C(C)(C)C)o1)NCCN1CCc2sccc2C1.I. The molecule has 156 valence electrons. The van der Waals surface area contributed by atoms with E-state index >= 15 is 0 Å². The molecule has 0 fully saturated rings. The van der Waals surface area contributed by atoms with E-state index in [2.05, 4.69) is 64.7 Å². The molecule has 2 aromatic rings. The highest BCUT2D eigenvalue weighted by atomic mass is 127. The van der Waals surface area contributed by atoms with Gasteiger partial charge in [-0.15, -0.1) is 35.3 Å². The lowest BCUT2D eigenvalue weighted by Gasteiger charge is -2.27. The molecule has 2 N–H and O–H groups in total. The number of aliphatic imine (C=N–C) groups is 1. The zero-order valence-corrected chi connectivity index (χ0v) is 20.4. The molecular weight excluding hydrogens is 485 g/mol. The van der Waals surface area contributed by atoms with Crippen molar-refractivity contribution >= 4 is 41.3 Å². The third kappa shape index (κ3) is 6.45. The molecular formula is C20H32IN5OS. The lowest BCUT2D eigenvalue weighted by atomic mass is 9.94. The Kier molecular flexibility index (Phi) is 8.76. The van der Waals surface area contributed by atoms with Crippen molar-refractivity contribution in [1.82, 2.24) is 20.5 Å². The number of rotatable bonds is 6. The fourth-order valence-corrected chi connectivity index (χ4v) is 3.94. The molecule has 0 aliphatic carbocycles. The number of halogens is 1. The minimum Gasteiger partial charge on any atom is -0.443 e. The molecule has 1 aliphatic rings. The Morgan fingerprint density at radius 1 is 1.36 bits per heavy atom. The second kappa shape index (κ2) is 10.6. The van der Waals surface area contributed by atoms with Gasteiger partial charge in [0.1, 0.15) is 12.3 Å². The van der Waals surface area contributed by atoms with Gasteiger partial charge in [-0.1, -0.05) is 20.8 Å². The van der Waals surface area contributed by atoms with Gasteiger partial charge >= 0.3 is 0 Å². The maximum Gasteiger partial charge on any atom is 0.216 e. The Morgan fingerprint density at radius 2 is 2.18 bits per heavy atom. The van der Waals surface area contributed by atoms with E-state index in [-0.39, 0.29) is 29.4 Å². The molecule has 3 rings (SSSR count). The van der Waals surface area contributed by atoms with Crippen LogP contribution in [0.3, 0.4) is 0 Å². The number of hydrogen-bond acceptors (Lipinski definition) is 5. The molecule has 0 amide bonds. The van der Waals surface area contributed by atoms with Gasteiger partial charge < -0.3 is 15.1 Å². The first-order valence-electron chi connectivity index (χ1n) is 9.70. The Hall–Kier alpha value is -1.13. The predicted molar refractivity (Wildman–Crippen MR) is 127 cm³/mol. The van der Waals surface area contributed by atoms with E-state index in [1.165, 1.54) is 12.0 Å². The molecule has 28 heavy (non-hydrogen) atoms. The molecule has 3 heterocycles. The van der Waals surface area contributed by atoms with Gasteiger partial charge in [-0.2, -0.15) is 0 Å². The first kappa shape index (κ1) is 23.2. The summed E-state index contributed by atoms with van der Waals surface area (Å²) in [6, 6.07) is 2.26. The van der Waals surface area contributed by atoms with Gasteiger partial charge in [-0.05, 0) is 30.4 Å². The van der Waals surface area contributed by atoms with Gasteiger partial charge in [0.05, 0.1) is 6.20 Å². The van der Waals surface area contributed by atoms with Gasteiger partial charge in [0.2, 0.25) is 5.89 Å². The fraction of sp³-hybridized carbons (Fsp3) is 0.600. The summed E-state index contributed by atoms with van der Waals surface area (Å²) in [4.78, 5) is 13.0. The number of thiophene rings is 1. The minimum absolute atomic E-state index is 0. The van der Waals surface area contributed by atoms with Gasteiger partial charge in [0.25, 0.3) is 0 Å². The van der Waals surface area contributed by atoms with Crippen LogP contribution in [0.4, 0.5) is 0 Å². The summed E-state index contributed by atoms with van der Waals surface area (Å²) >= 11 is 1.88. The molecule has 0 atom stereocenters. The molecule has 0 bridgehead atoms. The highest BCUT2D eigenvalue weighted by molar-refractivity contribution is 14.0. The van der Waals surface area contributed by atoms with Crippen molar-refractivity contribution in [3.05, 3.63) is 39.7 Å². The first-order valence-corrected chi connectivity index (χ1v) is 10.6. The highest BCUT2D eigenvalue weighted by Crippen LogP contribution is 2.24. The highest BCUT2D eigenvalue weighted by Gasteiger charge is 2.19. The fourth-order valence-electron chi connectivity index (χ4n) is 3.05. The monoisotopic (exact) mass is 517 g/mol. The number of aromatic nitrogens is 1.